The molecule has 0 radical (unpaired) electrons. The number of fused-ring (bicyclic) bond motifs is 1. The van der Waals surface area contributed by atoms with Crippen LogP contribution >= 0.6 is 0 Å². The third kappa shape index (κ3) is 2.57. The molecule has 2 aliphatic carbocycles. The Labute approximate surface area is 189 Å². The minimum Gasteiger partial charge on any atom is -0.461 e. The molecule has 6 rings (SSSR count). The van der Waals surface area contributed by atoms with Crippen LogP contribution in [0, 0.1) is 11.3 Å². The molecule has 10 heteroatoms. The lowest BCUT2D eigenvalue weighted by atomic mass is 9.49. The van der Waals surface area contributed by atoms with Crippen molar-refractivity contribution in [2.75, 3.05) is 13.2 Å². The third-order valence-electron chi connectivity index (χ3n) is 8.27. The van der Waals surface area contributed by atoms with E-state index in [9.17, 15) is 24.9 Å². The Morgan fingerprint density at radius 2 is 1.91 bits per heavy atom. The van der Waals surface area contributed by atoms with Crippen molar-refractivity contribution in [3.05, 3.63) is 35.9 Å². The van der Waals surface area contributed by atoms with E-state index in [0.717, 1.165) is 0 Å². The van der Waals surface area contributed by atoms with Gasteiger partial charge >= 0.3 is 5.97 Å². The van der Waals surface area contributed by atoms with Gasteiger partial charge in [0.1, 0.15) is 42.4 Å². The van der Waals surface area contributed by atoms with Crippen molar-refractivity contribution in [3.8, 4) is 0 Å². The van der Waals surface area contributed by atoms with Gasteiger partial charge in [0.2, 0.25) is 0 Å². The summed E-state index contributed by atoms with van der Waals surface area (Å²) >= 11 is 0. The summed E-state index contributed by atoms with van der Waals surface area (Å²) in [4.78, 5) is 25.4. The summed E-state index contributed by atoms with van der Waals surface area (Å²) in [6.07, 6.45) is -6.14. The zero-order valence-electron chi connectivity index (χ0n) is 18.0. The van der Waals surface area contributed by atoms with E-state index < -0.39 is 72.1 Å². The summed E-state index contributed by atoms with van der Waals surface area (Å²) in [6.45, 7) is 1.06. The molecule has 178 valence electrons. The van der Waals surface area contributed by atoms with Gasteiger partial charge in [-0.25, -0.2) is 4.79 Å². The second-order valence-corrected chi connectivity index (χ2v) is 9.70. The molecule has 1 spiro atoms. The summed E-state index contributed by atoms with van der Waals surface area (Å²) in [6, 6.07) is 8.56. The van der Waals surface area contributed by atoms with Crippen LogP contribution in [0.3, 0.4) is 0 Å². The lowest BCUT2D eigenvalue weighted by Gasteiger charge is -2.65. The van der Waals surface area contributed by atoms with Crippen LogP contribution in [-0.4, -0.2) is 88.5 Å². The average Bonchev–Trinajstić information content (AvgIpc) is 3.09. The topological polar surface area (TPSA) is 141 Å². The molecule has 1 aromatic rings. The molecule has 33 heavy (non-hydrogen) atoms. The highest BCUT2D eigenvalue weighted by molar-refractivity contribution is 5.90. The van der Waals surface area contributed by atoms with Crippen molar-refractivity contribution in [2.45, 2.75) is 68.0 Å². The molecule has 10 atom stereocenters. The zero-order valence-corrected chi connectivity index (χ0v) is 18.0. The molecule has 1 aromatic carbocycles. The van der Waals surface area contributed by atoms with Crippen LogP contribution in [-0.2, 0) is 28.5 Å². The van der Waals surface area contributed by atoms with E-state index in [-0.39, 0.29) is 25.2 Å². The number of Topliss-reactive ketones (excluding diaryl/α,β-unsaturated/α-hetero) is 1. The van der Waals surface area contributed by atoms with Crippen LogP contribution in [0.15, 0.2) is 30.3 Å². The van der Waals surface area contributed by atoms with Gasteiger partial charge in [-0.05, 0) is 25.5 Å². The quantitative estimate of drug-likeness (QED) is 0.503. The second-order valence-electron chi connectivity index (χ2n) is 9.70. The summed E-state index contributed by atoms with van der Waals surface area (Å²) < 4.78 is 30.3. The Morgan fingerprint density at radius 1 is 1.15 bits per heavy atom. The van der Waals surface area contributed by atoms with Crippen LogP contribution in [0.2, 0.25) is 0 Å². The third-order valence-corrected chi connectivity index (χ3v) is 8.27. The van der Waals surface area contributed by atoms with E-state index in [4.69, 9.17) is 23.7 Å². The fourth-order valence-electron chi connectivity index (χ4n) is 6.60. The van der Waals surface area contributed by atoms with Gasteiger partial charge in [0, 0.05) is 12.3 Å². The lowest BCUT2D eigenvalue weighted by molar-refractivity contribution is -0.466. The predicted molar refractivity (Wildman–Crippen MR) is 107 cm³/mol. The van der Waals surface area contributed by atoms with Crippen molar-refractivity contribution in [2.24, 2.45) is 11.3 Å². The number of rotatable bonds is 4. The Bertz CT molecular complexity index is 985. The van der Waals surface area contributed by atoms with Gasteiger partial charge in [-0.2, -0.15) is 0 Å². The van der Waals surface area contributed by atoms with Gasteiger partial charge < -0.3 is 39.0 Å². The van der Waals surface area contributed by atoms with Crippen molar-refractivity contribution in [1.82, 2.24) is 0 Å². The molecule has 10 nitrogen and oxygen atoms in total. The number of carbonyl (C=O) groups is 2. The molecule has 3 heterocycles. The first-order valence-electron chi connectivity index (χ1n) is 11.2. The molecule has 3 N–H and O–H groups in total. The zero-order chi connectivity index (χ0) is 23.2. The standard InChI is InChI=1S/C23H26O10/c1-21-23(33-20-18(32-21)17(27)16(26)14(9-24)30-20)8-12-13(25)7-15(31-21)22(12,23)10-29-19(28)11-5-3-2-4-6-11/h2-6,12,14-18,20,24,26-27H,7-10H2,1H3/t12-,14+,15+,16+,17-,18+,20-,21+,22-,23-/m1/s1. The summed E-state index contributed by atoms with van der Waals surface area (Å²) in [5.41, 5.74) is -1.74. The molecule has 0 amide bonds. The number of aliphatic hydroxyl groups excluding tert-OH is 3. The maximum Gasteiger partial charge on any atom is 0.338 e. The number of carbonyl (C=O) groups excluding carboxylic acids is 2. The smallest absolute Gasteiger partial charge is 0.338 e. The van der Waals surface area contributed by atoms with Crippen LogP contribution in [0.5, 0.6) is 0 Å². The van der Waals surface area contributed by atoms with E-state index in [1.54, 1.807) is 37.3 Å². The highest BCUT2D eigenvalue weighted by Gasteiger charge is 2.89. The van der Waals surface area contributed by atoms with Gasteiger partial charge in [0.05, 0.1) is 23.7 Å². The van der Waals surface area contributed by atoms with E-state index >= 15 is 0 Å². The van der Waals surface area contributed by atoms with E-state index in [1.165, 1.54) is 0 Å². The molecular weight excluding hydrogens is 436 g/mol. The Morgan fingerprint density at radius 3 is 2.64 bits per heavy atom. The number of ketones is 1. The van der Waals surface area contributed by atoms with Crippen LogP contribution in [0.4, 0.5) is 0 Å². The Balaban J connectivity index is 1.33. The minimum atomic E-state index is -1.37. The van der Waals surface area contributed by atoms with Gasteiger partial charge in [-0.15, -0.1) is 0 Å². The highest BCUT2D eigenvalue weighted by Crippen LogP contribution is 2.75. The fraction of sp³-hybridized carbons (Fsp3) is 0.652. The van der Waals surface area contributed by atoms with Gasteiger partial charge in [0.15, 0.2) is 12.1 Å². The molecule has 3 aliphatic heterocycles. The van der Waals surface area contributed by atoms with Crippen LogP contribution in [0.1, 0.15) is 30.1 Å². The van der Waals surface area contributed by atoms with Gasteiger partial charge in [-0.1, -0.05) is 18.2 Å². The average molecular weight is 462 g/mol. The largest absolute Gasteiger partial charge is 0.461 e. The first-order chi connectivity index (χ1) is 15.8. The van der Waals surface area contributed by atoms with E-state index in [2.05, 4.69) is 0 Å². The van der Waals surface area contributed by atoms with E-state index in [0.29, 0.717) is 5.56 Å². The normalized spacial score (nSPS) is 49.6. The first kappa shape index (κ1) is 21.6. The predicted octanol–water partition coefficient (Wildman–Crippen LogP) is -0.469. The Hall–Kier alpha value is -1.92. The summed E-state index contributed by atoms with van der Waals surface area (Å²) in [5, 5.41) is 30.4. The number of esters is 1. The molecule has 5 fully saturated rings. The number of hydrogen-bond acceptors (Lipinski definition) is 10. The molecule has 0 aromatic heterocycles. The number of ether oxygens (including phenoxy) is 5. The maximum atomic E-state index is 12.7. The highest BCUT2D eigenvalue weighted by atomic mass is 16.8. The maximum absolute atomic E-state index is 12.7. The number of benzene rings is 1. The molecule has 0 bridgehead atoms. The number of hydrogen-bond donors (Lipinski definition) is 3. The van der Waals surface area contributed by atoms with Crippen molar-refractivity contribution >= 4 is 11.8 Å². The summed E-state index contributed by atoms with van der Waals surface area (Å²) in [5.74, 6) is -2.29. The minimum absolute atomic E-state index is 0.0161. The monoisotopic (exact) mass is 462 g/mol. The van der Waals surface area contributed by atoms with Crippen molar-refractivity contribution < 1.29 is 48.6 Å². The van der Waals surface area contributed by atoms with Gasteiger partial charge in [-0.3, -0.25) is 4.79 Å². The van der Waals surface area contributed by atoms with Crippen LogP contribution in [0.25, 0.3) is 0 Å². The molecule has 3 saturated heterocycles. The summed E-state index contributed by atoms with van der Waals surface area (Å²) in [7, 11) is 0. The van der Waals surface area contributed by atoms with Crippen LogP contribution < -0.4 is 0 Å². The number of aliphatic hydroxyl groups is 3. The second kappa shape index (κ2) is 7.05. The molecule has 0 unspecified atom stereocenters. The molecule has 5 aliphatic rings. The SMILES string of the molecule is C[C@]12O[C@@H]3[C@H](O[C@@H](CO)[C@H](O)[C@H]3O)O[C@]13C[C@@H]1C(=O)C[C@H](O2)[C@@]13COC(=O)c1ccccc1. The lowest BCUT2D eigenvalue weighted by Crippen LogP contribution is -2.79. The Kier molecular flexibility index (Phi) is 4.61. The van der Waals surface area contributed by atoms with Crippen molar-refractivity contribution in [3.63, 3.8) is 0 Å². The van der Waals surface area contributed by atoms with Crippen molar-refractivity contribution in [1.29, 1.82) is 0 Å². The first-order valence-corrected chi connectivity index (χ1v) is 11.2. The fourth-order valence-corrected chi connectivity index (χ4v) is 6.60. The molecular formula is C23H26O10. The van der Waals surface area contributed by atoms with E-state index in [1.807, 2.05) is 0 Å². The van der Waals surface area contributed by atoms with Gasteiger partial charge in [0.25, 0.3) is 0 Å². The molecule has 2 saturated carbocycles.